The van der Waals surface area contributed by atoms with Gasteiger partial charge in [-0.2, -0.15) is 0 Å². The van der Waals surface area contributed by atoms with Crippen molar-refractivity contribution in [1.29, 1.82) is 0 Å². The van der Waals surface area contributed by atoms with Gasteiger partial charge >= 0.3 is 5.97 Å². The number of carbonyl (C=O) groups is 3. The van der Waals surface area contributed by atoms with E-state index in [1.807, 2.05) is 13.8 Å². The van der Waals surface area contributed by atoms with Crippen LogP contribution in [0, 0.1) is 0 Å². The molecule has 1 fully saturated rings. The van der Waals surface area contributed by atoms with Crippen molar-refractivity contribution in [2.24, 2.45) is 0 Å². The standard InChI is InChI=1S/C12H18Cl3N3O4.C2H6/c1-7(16-8(2)19)10(20)18-5-3-4-9(17-18)11(21)22-6-12(13,14)15;1-2/h7,9,17H,3-6H2,1-2H3,(H,16,19);1-2H3. The number of nitrogens with zero attached hydrogens (tertiary/aromatic N) is 1. The van der Waals surface area contributed by atoms with Gasteiger partial charge in [0.1, 0.15) is 18.7 Å². The number of alkyl halides is 3. The zero-order chi connectivity index (χ0) is 18.9. The Labute approximate surface area is 157 Å². The van der Waals surface area contributed by atoms with Crippen LogP contribution in [0.5, 0.6) is 0 Å². The topological polar surface area (TPSA) is 87.7 Å². The molecule has 2 N–H and O–H groups in total. The third kappa shape index (κ3) is 8.92. The molecular weight excluding hydrogens is 381 g/mol. The van der Waals surface area contributed by atoms with E-state index in [1.165, 1.54) is 11.9 Å². The molecule has 2 amide bonds. The van der Waals surface area contributed by atoms with Gasteiger partial charge in [0.2, 0.25) is 9.70 Å². The maximum Gasteiger partial charge on any atom is 0.325 e. The Bertz CT molecular complexity index is 443. The molecule has 0 spiro atoms. The number of ether oxygens (including phenoxy) is 1. The molecule has 7 nitrogen and oxygen atoms in total. The molecule has 1 saturated heterocycles. The Morgan fingerprint density at radius 1 is 1.33 bits per heavy atom. The number of hydrogen-bond donors (Lipinski definition) is 2. The van der Waals surface area contributed by atoms with Gasteiger partial charge in [-0.05, 0) is 19.8 Å². The summed E-state index contributed by atoms with van der Waals surface area (Å²) in [5, 5.41) is 3.79. The van der Waals surface area contributed by atoms with Gasteiger partial charge in [-0.15, -0.1) is 0 Å². The van der Waals surface area contributed by atoms with Crippen molar-refractivity contribution in [3.63, 3.8) is 0 Å². The second kappa shape index (κ2) is 11.0. The number of nitrogens with one attached hydrogen (secondary N) is 2. The largest absolute Gasteiger partial charge is 0.460 e. The maximum atomic E-state index is 12.2. The number of rotatable bonds is 4. The molecule has 1 aliphatic heterocycles. The minimum atomic E-state index is -1.68. The smallest absolute Gasteiger partial charge is 0.325 e. The van der Waals surface area contributed by atoms with Crippen molar-refractivity contribution >= 4 is 52.6 Å². The van der Waals surface area contributed by atoms with Crippen molar-refractivity contribution < 1.29 is 19.1 Å². The molecule has 0 aromatic rings. The number of hydrogen-bond acceptors (Lipinski definition) is 5. The van der Waals surface area contributed by atoms with E-state index in [0.29, 0.717) is 19.4 Å². The van der Waals surface area contributed by atoms with Gasteiger partial charge in [0.15, 0.2) is 0 Å². The van der Waals surface area contributed by atoms with Crippen LogP contribution in [-0.2, 0) is 19.1 Å². The van der Waals surface area contributed by atoms with Crippen molar-refractivity contribution in [1.82, 2.24) is 15.8 Å². The Balaban J connectivity index is 0.00000254. The van der Waals surface area contributed by atoms with Crippen molar-refractivity contribution in [2.45, 2.75) is 56.4 Å². The summed E-state index contributed by atoms with van der Waals surface area (Å²) in [4.78, 5) is 35.0. The van der Waals surface area contributed by atoms with Crippen molar-refractivity contribution in [2.75, 3.05) is 13.2 Å². The molecule has 1 rings (SSSR count). The number of carbonyl (C=O) groups excluding carboxylic acids is 3. The van der Waals surface area contributed by atoms with E-state index in [0.717, 1.165) is 0 Å². The second-order valence-electron chi connectivity index (χ2n) is 4.96. The quantitative estimate of drug-likeness (QED) is 0.552. The summed E-state index contributed by atoms with van der Waals surface area (Å²) in [6, 6.07) is -1.39. The lowest BCUT2D eigenvalue weighted by Crippen LogP contribution is -2.59. The number of esters is 1. The van der Waals surface area contributed by atoms with Gasteiger partial charge < -0.3 is 10.1 Å². The van der Waals surface area contributed by atoms with Gasteiger partial charge in [-0.25, -0.2) is 5.43 Å². The normalized spacial score (nSPS) is 18.8. The third-order valence-electron chi connectivity index (χ3n) is 2.91. The summed E-state index contributed by atoms with van der Waals surface area (Å²) >= 11 is 16.5. The lowest BCUT2D eigenvalue weighted by molar-refractivity contribution is -0.152. The lowest BCUT2D eigenvalue weighted by atomic mass is 10.1. The van der Waals surface area contributed by atoms with Crippen molar-refractivity contribution in [3.05, 3.63) is 0 Å². The molecule has 1 aliphatic rings. The molecule has 2 unspecified atom stereocenters. The first-order chi connectivity index (χ1) is 11.1. The average Bonchev–Trinajstić information content (AvgIpc) is 2.52. The van der Waals surface area contributed by atoms with E-state index in [4.69, 9.17) is 39.5 Å². The van der Waals surface area contributed by atoms with Gasteiger partial charge in [0, 0.05) is 13.5 Å². The number of hydrazine groups is 1. The average molecular weight is 405 g/mol. The Morgan fingerprint density at radius 3 is 2.42 bits per heavy atom. The van der Waals surface area contributed by atoms with E-state index in [-0.39, 0.29) is 18.4 Å². The molecule has 10 heteroatoms. The Kier molecular flexibility index (Phi) is 10.6. The Morgan fingerprint density at radius 2 is 1.92 bits per heavy atom. The molecular formula is C14H24Cl3N3O4. The van der Waals surface area contributed by atoms with Crippen LogP contribution in [-0.4, -0.2) is 51.8 Å². The molecule has 0 aromatic carbocycles. The molecule has 0 saturated carbocycles. The van der Waals surface area contributed by atoms with Crippen LogP contribution in [0.2, 0.25) is 0 Å². The SMILES string of the molecule is CC.CC(=O)NC(C)C(=O)N1CCCC(C(=O)OCC(Cl)(Cl)Cl)N1. The molecule has 0 radical (unpaired) electrons. The van der Waals surface area contributed by atoms with Gasteiger partial charge in [-0.1, -0.05) is 48.7 Å². The van der Waals surface area contributed by atoms with Gasteiger partial charge in [0.05, 0.1) is 0 Å². The second-order valence-corrected chi connectivity index (χ2v) is 7.47. The van der Waals surface area contributed by atoms with E-state index >= 15 is 0 Å². The molecule has 0 aromatic heterocycles. The highest BCUT2D eigenvalue weighted by molar-refractivity contribution is 6.67. The van der Waals surface area contributed by atoms with E-state index in [1.54, 1.807) is 6.92 Å². The summed E-state index contributed by atoms with van der Waals surface area (Å²) in [5.41, 5.74) is 2.77. The predicted molar refractivity (Wildman–Crippen MR) is 93.7 cm³/mol. The monoisotopic (exact) mass is 403 g/mol. The summed E-state index contributed by atoms with van der Waals surface area (Å²) in [6.07, 6.45) is 1.11. The molecule has 140 valence electrons. The highest BCUT2D eigenvalue weighted by Crippen LogP contribution is 2.26. The zero-order valence-electron chi connectivity index (χ0n) is 14.2. The highest BCUT2D eigenvalue weighted by atomic mass is 35.6. The highest BCUT2D eigenvalue weighted by Gasteiger charge is 2.32. The minimum Gasteiger partial charge on any atom is -0.460 e. The minimum absolute atomic E-state index is 0.309. The molecule has 1 heterocycles. The number of amides is 2. The maximum absolute atomic E-state index is 12.2. The molecule has 0 bridgehead atoms. The zero-order valence-corrected chi connectivity index (χ0v) is 16.5. The number of halogens is 3. The first-order valence-corrected chi connectivity index (χ1v) is 8.81. The van der Waals surface area contributed by atoms with Crippen LogP contribution in [0.3, 0.4) is 0 Å². The van der Waals surface area contributed by atoms with Crippen LogP contribution in [0.15, 0.2) is 0 Å². The van der Waals surface area contributed by atoms with Crippen LogP contribution < -0.4 is 10.7 Å². The first-order valence-electron chi connectivity index (χ1n) is 7.68. The van der Waals surface area contributed by atoms with Gasteiger partial charge in [-0.3, -0.25) is 19.4 Å². The van der Waals surface area contributed by atoms with E-state index in [9.17, 15) is 14.4 Å². The van der Waals surface area contributed by atoms with Crippen LogP contribution in [0.25, 0.3) is 0 Å². The van der Waals surface area contributed by atoms with E-state index < -0.39 is 21.8 Å². The van der Waals surface area contributed by atoms with Gasteiger partial charge in [0.25, 0.3) is 5.91 Å². The Hall–Kier alpha value is -0.760. The lowest BCUT2D eigenvalue weighted by Gasteiger charge is -2.34. The van der Waals surface area contributed by atoms with Crippen molar-refractivity contribution in [3.8, 4) is 0 Å². The molecule has 2 atom stereocenters. The third-order valence-corrected chi connectivity index (χ3v) is 3.23. The van der Waals surface area contributed by atoms with Crippen LogP contribution in [0.1, 0.15) is 40.5 Å². The summed E-state index contributed by atoms with van der Waals surface area (Å²) in [6.45, 7) is 6.95. The summed E-state index contributed by atoms with van der Waals surface area (Å²) in [7, 11) is 0. The molecule has 0 aliphatic carbocycles. The fraction of sp³-hybridized carbons (Fsp3) is 0.786. The summed E-state index contributed by atoms with van der Waals surface area (Å²) in [5.74, 6) is -1.25. The molecule has 24 heavy (non-hydrogen) atoms. The predicted octanol–water partition coefficient (Wildman–Crippen LogP) is 1.95. The van der Waals surface area contributed by atoms with Crippen LogP contribution >= 0.6 is 34.8 Å². The summed E-state index contributed by atoms with van der Waals surface area (Å²) < 4.78 is 3.21. The van der Waals surface area contributed by atoms with E-state index in [2.05, 4.69) is 10.7 Å². The fourth-order valence-corrected chi connectivity index (χ4v) is 2.13. The fourth-order valence-electron chi connectivity index (χ4n) is 1.97. The van der Waals surface area contributed by atoms with Crippen LogP contribution in [0.4, 0.5) is 0 Å². The first kappa shape index (κ1) is 23.2.